The minimum Gasteiger partial charge on any atom is -0.370 e. The number of hydrogen-bond acceptors (Lipinski definition) is 2. The minimum atomic E-state index is 0.355. The van der Waals surface area contributed by atoms with Crippen LogP contribution in [0.15, 0.2) is 42.5 Å². The van der Waals surface area contributed by atoms with Crippen molar-refractivity contribution in [1.29, 1.82) is 0 Å². The van der Waals surface area contributed by atoms with Crippen molar-refractivity contribution in [2.75, 3.05) is 0 Å². The second-order valence-corrected chi connectivity index (χ2v) is 4.34. The summed E-state index contributed by atoms with van der Waals surface area (Å²) in [6.07, 6.45) is 0. The number of rotatable bonds is 4. The van der Waals surface area contributed by atoms with Crippen molar-refractivity contribution in [2.24, 2.45) is 0 Å². The van der Waals surface area contributed by atoms with E-state index in [1.807, 2.05) is 30.3 Å². The third-order valence-corrected chi connectivity index (χ3v) is 2.79. The molecule has 0 aliphatic heterocycles. The summed E-state index contributed by atoms with van der Waals surface area (Å²) in [7, 11) is 0. The van der Waals surface area contributed by atoms with Crippen LogP contribution < -0.4 is 0 Å². The Morgan fingerprint density at radius 2 is 1.71 bits per heavy atom. The molecular formula is C13H11Cl2NO. The summed E-state index contributed by atoms with van der Waals surface area (Å²) in [5.41, 5.74) is 1.78. The number of ether oxygens (including phenoxy) is 1. The summed E-state index contributed by atoms with van der Waals surface area (Å²) >= 11 is 11.8. The van der Waals surface area contributed by atoms with Gasteiger partial charge in [0.25, 0.3) is 0 Å². The molecule has 0 aliphatic carbocycles. The fourth-order valence-electron chi connectivity index (χ4n) is 1.40. The van der Waals surface area contributed by atoms with Gasteiger partial charge in [0.05, 0.1) is 23.9 Å². The van der Waals surface area contributed by atoms with Crippen LogP contribution in [-0.4, -0.2) is 4.98 Å². The molecule has 0 amide bonds. The first-order valence-electron chi connectivity index (χ1n) is 5.18. The maximum absolute atomic E-state index is 5.98. The van der Waals surface area contributed by atoms with E-state index in [0.717, 1.165) is 5.56 Å². The molecule has 1 aromatic heterocycles. The number of nitrogens with zero attached hydrogens (tertiary/aromatic N) is 1. The molecule has 0 N–H and O–H groups in total. The third kappa shape index (κ3) is 3.70. The molecule has 0 aliphatic rings. The summed E-state index contributed by atoms with van der Waals surface area (Å²) in [4.78, 5) is 4.11. The molecule has 88 valence electrons. The lowest BCUT2D eigenvalue weighted by molar-refractivity contribution is 0.104. The highest BCUT2D eigenvalue weighted by molar-refractivity contribution is 6.32. The zero-order valence-corrected chi connectivity index (χ0v) is 10.6. The van der Waals surface area contributed by atoms with Crippen LogP contribution in [0.25, 0.3) is 0 Å². The van der Waals surface area contributed by atoms with E-state index in [-0.39, 0.29) is 0 Å². The minimum absolute atomic E-state index is 0.355. The van der Waals surface area contributed by atoms with E-state index in [0.29, 0.717) is 29.1 Å². The Hall–Kier alpha value is -1.09. The van der Waals surface area contributed by atoms with E-state index in [1.54, 1.807) is 12.1 Å². The maximum atomic E-state index is 5.98. The molecule has 4 heteroatoms. The van der Waals surface area contributed by atoms with E-state index >= 15 is 0 Å². The lowest BCUT2D eigenvalue weighted by atomic mass is 10.2. The van der Waals surface area contributed by atoms with Gasteiger partial charge in [-0.25, -0.2) is 4.98 Å². The van der Waals surface area contributed by atoms with Gasteiger partial charge >= 0.3 is 0 Å². The zero-order chi connectivity index (χ0) is 12.1. The largest absolute Gasteiger partial charge is 0.370 e. The average Bonchev–Trinajstić information content (AvgIpc) is 2.35. The van der Waals surface area contributed by atoms with Gasteiger partial charge in [-0.1, -0.05) is 53.5 Å². The molecule has 1 aromatic carbocycles. The van der Waals surface area contributed by atoms with E-state index in [1.165, 1.54) is 0 Å². The Bertz CT molecular complexity index is 488. The van der Waals surface area contributed by atoms with Gasteiger partial charge in [0.15, 0.2) is 0 Å². The summed E-state index contributed by atoms with van der Waals surface area (Å²) in [6, 6.07) is 13.3. The quantitative estimate of drug-likeness (QED) is 0.778. The first kappa shape index (κ1) is 12.4. The second kappa shape index (κ2) is 6.01. The molecule has 0 radical (unpaired) electrons. The van der Waals surface area contributed by atoms with Crippen LogP contribution in [0, 0.1) is 0 Å². The van der Waals surface area contributed by atoms with Crippen LogP contribution in [0.5, 0.6) is 0 Å². The molecule has 0 spiro atoms. The molecule has 0 unspecified atom stereocenters. The molecule has 2 aromatic rings. The van der Waals surface area contributed by atoms with E-state index < -0.39 is 0 Å². The van der Waals surface area contributed by atoms with Gasteiger partial charge in [-0.05, 0) is 17.7 Å². The Kier molecular flexibility index (Phi) is 4.37. The van der Waals surface area contributed by atoms with Crippen molar-refractivity contribution >= 4 is 23.2 Å². The lowest BCUT2D eigenvalue weighted by Crippen LogP contribution is -1.97. The number of aromatic nitrogens is 1. The molecule has 0 fully saturated rings. The first-order valence-corrected chi connectivity index (χ1v) is 5.94. The van der Waals surface area contributed by atoms with Crippen LogP contribution in [-0.2, 0) is 18.0 Å². The maximum Gasteiger partial charge on any atom is 0.129 e. The van der Waals surface area contributed by atoms with Gasteiger partial charge in [-0.15, -0.1) is 0 Å². The van der Waals surface area contributed by atoms with Gasteiger partial charge < -0.3 is 4.74 Å². The van der Waals surface area contributed by atoms with Crippen LogP contribution in [0.1, 0.15) is 11.3 Å². The van der Waals surface area contributed by atoms with Crippen molar-refractivity contribution in [1.82, 2.24) is 4.98 Å². The van der Waals surface area contributed by atoms with Gasteiger partial charge in [-0.2, -0.15) is 0 Å². The fourth-order valence-corrected chi connectivity index (χ4v) is 1.72. The van der Waals surface area contributed by atoms with Crippen molar-refractivity contribution in [2.45, 2.75) is 13.2 Å². The number of benzene rings is 1. The molecule has 1 heterocycles. The molecule has 17 heavy (non-hydrogen) atoms. The fraction of sp³-hybridized carbons (Fsp3) is 0.154. The average molecular weight is 268 g/mol. The molecule has 0 saturated heterocycles. The normalized spacial score (nSPS) is 10.5. The van der Waals surface area contributed by atoms with Crippen LogP contribution in [0.3, 0.4) is 0 Å². The molecule has 2 nitrogen and oxygen atoms in total. The first-order chi connectivity index (χ1) is 8.25. The SMILES string of the molecule is Clc1ccc(Cl)c(COCc2ccccc2)n1. The number of pyridine rings is 1. The molecule has 0 saturated carbocycles. The van der Waals surface area contributed by atoms with Crippen molar-refractivity contribution in [3.8, 4) is 0 Å². The van der Waals surface area contributed by atoms with Gasteiger partial charge in [0, 0.05) is 0 Å². The lowest BCUT2D eigenvalue weighted by Gasteiger charge is -2.05. The van der Waals surface area contributed by atoms with Crippen molar-refractivity contribution in [3.05, 3.63) is 63.9 Å². The topological polar surface area (TPSA) is 22.1 Å². The summed E-state index contributed by atoms with van der Waals surface area (Å²) in [6.45, 7) is 0.889. The van der Waals surface area contributed by atoms with Gasteiger partial charge in [-0.3, -0.25) is 0 Å². The second-order valence-electron chi connectivity index (χ2n) is 3.54. The standard InChI is InChI=1S/C13H11Cl2NO/c14-11-6-7-13(15)16-12(11)9-17-8-10-4-2-1-3-5-10/h1-7H,8-9H2. The van der Waals surface area contributed by atoms with E-state index in [4.69, 9.17) is 27.9 Å². The monoisotopic (exact) mass is 267 g/mol. The van der Waals surface area contributed by atoms with Crippen molar-refractivity contribution in [3.63, 3.8) is 0 Å². The Labute approximate surface area is 110 Å². The molecule has 0 bridgehead atoms. The third-order valence-electron chi connectivity index (χ3n) is 2.23. The smallest absolute Gasteiger partial charge is 0.129 e. The highest BCUT2D eigenvalue weighted by atomic mass is 35.5. The van der Waals surface area contributed by atoms with Crippen LogP contribution in [0.2, 0.25) is 10.2 Å². The van der Waals surface area contributed by atoms with Gasteiger partial charge in [0.2, 0.25) is 0 Å². The predicted octanol–water partition coefficient (Wildman–Crippen LogP) is 4.11. The molecular weight excluding hydrogens is 257 g/mol. The molecule has 2 rings (SSSR count). The zero-order valence-electron chi connectivity index (χ0n) is 9.07. The number of hydrogen-bond donors (Lipinski definition) is 0. The highest BCUT2D eigenvalue weighted by Crippen LogP contribution is 2.18. The van der Waals surface area contributed by atoms with E-state index in [2.05, 4.69) is 4.98 Å². The summed E-state index contributed by atoms with van der Waals surface area (Å²) in [5.74, 6) is 0. The van der Waals surface area contributed by atoms with Gasteiger partial charge in [0.1, 0.15) is 5.15 Å². The van der Waals surface area contributed by atoms with E-state index in [9.17, 15) is 0 Å². The predicted molar refractivity (Wildman–Crippen MR) is 69.2 cm³/mol. The Balaban J connectivity index is 1.92. The summed E-state index contributed by atoms with van der Waals surface area (Å²) < 4.78 is 5.54. The Morgan fingerprint density at radius 3 is 2.47 bits per heavy atom. The summed E-state index contributed by atoms with van der Waals surface area (Å²) in [5, 5.41) is 0.996. The van der Waals surface area contributed by atoms with Crippen molar-refractivity contribution < 1.29 is 4.74 Å². The van der Waals surface area contributed by atoms with Crippen LogP contribution >= 0.6 is 23.2 Å². The highest BCUT2D eigenvalue weighted by Gasteiger charge is 2.03. The Morgan fingerprint density at radius 1 is 0.941 bits per heavy atom. The van der Waals surface area contributed by atoms with Crippen LogP contribution in [0.4, 0.5) is 0 Å². The number of halogens is 2. The molecule has 0 atom stereocenters.